The molecule has 0 radical (unpaired) electrons. The number of esters is 1. The van der Waals surface area contributed by atoms with Crippen LogP contribution in [0, 0.1) is 5.92 Å². The lowest BCUT2D eigenvalue weighted by Crippen LogP contribution is -2.43. The second kappa shape index (κ2) is 12.3. The van der Waals surface area contributed by atoms with Gasteiger partial charge in [-0.25, -0.2) is 0 Å². The van der Waals surface area contributed by atoms with Gasteiger partial charge >= 0.3 is 5.97 Å². The molecule has 0 amide bonds. The van der Waals surface area contributed by atoms with E-state index >= 15 is 0 Å². The molecule has 2 N–H and O–H groups in total. The van der Waals surface area contributed by atoms with Crippen molar-refractivity contribution in [2.75, 3.05) is 39.8 Å². The summed E-state index contributed by atoms with van der Waals surface area (Å²) in [6.07, 6.45) is 0. The Balaban J connectivity index is 2.83. The van der Waals surface area contributed by atoms with Gasteiger partial charge in [-0.2, -0.15) is 0 Å². The number of likely N-dealkylation sites (N-methyl/N-ethyl adjacent to an activating group) is 1. The summed E-state index contributed by atoms with van der Waals surface area (Å²) in [4.78, 5) is 18.5. The van der Waals surface area contributed by atoms with Crippen LogP contribution in [0.3, 0.4) is 0 Å². The van der Waals surface area contributed by atoms with Crippen LogP contribution in [0.5, 0.6) is 0 Å². The summed E-state index contributed by atoms with van der Waals surface area (Å²) in [6, 6.07) is 10.8. The average Bonchev–Trinajstić information content (AvgIpc) is 2.68. The molecular weight excluding hydrogens is 328 g/mol. The highest BCUT2D eigenvalue weighted by Crippen LogP contribution is 2.19. The Kier molecular flexibility index (Phi) is 10.4. The van der Waals surface area contributed by atoms with Gasteiger partial charge in [-0.05, 0) is 25.6 Å². The monoisotopic (exact) mass is 362 g/mol. The van der Waals surface area contributed by atoms with E-state index in [0.29, 0.717) is 6.54 Å². The molecule has 6 heteroatoms. The van der Waals surface area contributed by atoms with Crippen molar-refractivity contribution in [3.8, 4) is 0 Å². The van der Waals surface area contributed by atoms with Crippen LogP contribution >= 0.6 is 0 Å². The van der Waals surface area contributed by atoms with Gasteiger partial charge < -0.3 is 15.4 Å². The number of aliphatic imine (C=N–C) groups is 1. The molecule has 1 aromatic carbocycles. The molecule has 2 atom stereocenters. The van der Waals surface area contributed by atoms with Gasteiger partial charge in [0.1, 0.15) is 0 Å². The van der Waals surface area contributed by atoms with Crippen molar-refractivity contribution in [3.63, 3.8) is 0 Å². The topological polar surface area (TPSA) is 66.0 Å². The van der Waals surface area contributed by atoms with Crippen LogP contribution in [0.4, 0.5) is 0 Å². The molecule has 146 valence electrons. The van der Waals surface area contributed by atoms with E-state index in [9.17, 15) is 4.79 Å². The Labute approximate surface area is 158 Å². The molecule has 1 aromatic rings. The lowest BCUT2D eigenvalue weighted by atomic mass is 10.1. The molecule has 0 aliphatic carbocycles. The van der Waals surface area contributed by atoms with Crippen LogP contribution in [-0.2, 0) is 9.53 Å². The maximum absolute atomic E-state index is 11.6. The molecule has 0 aliphatic rings. The van der Waals surface area contributed by atoms with Crippen LogP contribution in [0.2, 0.25) is 0 Å². The summed E-state index contributed by atoms with van der Waals surface area (Å²) in [7, 11) is 1.40. The maximum Gasteiger partial charge on any atom is 0.310 e. The highest BCUT2D eigenvalue weighted by molar-refractivity contribution is 5.80. The first-order valence-electron chi connectivity index (χ1n) is 9.46. The molecule has 2 unspecified atom stereocenters. The van der Waals surface area contributed by atoms with Crippen LogP contribution < -0.4 is 10.6 Å². The van der Waals surface area contributed by atoms with E-state index in [4.69, 9.17) is 4.74 Å². The van der Waals surface area contributed by atoms with E-state index < -0.39 is 0 Å². The van der Waals surface area contributed by atoms with Crippen LogP contribution in [0.25, 0.3) is 0 Å². The van der Waals surface area contributed by atoms with Crippen molar-refractivity contribution >= 4 is 11.9 Å². The second-order valence-corrected chi connectivity index (χ2v) is 6.17. The average molecular weight is 363 g/mol. The minimum absolute atomic E-state index is 0.241. The van der Waals surface area contributed by atoms with Crippen molar-refractivity contribution in [2.45, 2.75) is 33.7 Å². The Morgan fingerprint density at radius 1 is 1.15 bits per heavy atom. The smallest absolute Gasteiger partial charge is 0.310 e. The Morgan fingerprint density at radius 3 is 2.35 bits per heavy atom. The number of hydrogen-bond donors (Lipinski definition) is 2. The zero-order valence-electron chi connectivity index (χ0n) is 16.8. The fourth-order valence-electron chi connectivity index (χ4n) is 2.84. The second-order valence-electron chi connectivity index (χ2n) is 6.17. The molecule has 0 saturated carbocycles. The first-order chi connectivity index (χ1) is 12.6. The largest absolute Gasteiger partial charge is 0.469 e. The first-order valence-corrected chi connectivity index (χ1v) is 9.46. The van der Waals surface area contributed by atoms with Crippen molar-refractivity contribution in [2.24, 2.45) is 10.9 Å². The predicted octanol–water partition coefficient (Wildman–Crippen LogP) is 2.43. The van der Waals surface area contributed by atoms with Gasteiger partial charge in [0.15, 0.2) is 5.96 Å². The molecule has 0 heterocycles. The van der Waals surface area contributed by atoms with E-state index in [2.05, 4.69) is 58.6 Å². The van der Waals surface area contributed by atoms with Gasteiger partial charge in [0.2, 0.25) is 0 Å². The van der Waals surface area contributed by atoms with E-state index in [1.54, 1.807) is 0 Å². The van der Waals surface area contributed by atoms with E-state index in [1.807, 2.05) is 19.9 Å². The Bertz CT molecular complexity index is 544. The van der Waals surface area contributed by atoms with Gasteiger partial charge in [0.05, 0.1) is 25.6 Å². The van der Waals surface area contributed by atoms with Crippen LogP contribution in [0.15, 0.2) is 35.3 Å². The van der Waals surface area contributed by atoms with Crippen molar-refractivity contribution in [3.05, 3.63) is 35.9 Å². The quantitative estimate of drug-likeness (QED) is 0.380. The van der Waals surface area contributed by atoms with Crippen LogP contribution in [0.1, 0.15) is 39.3 Å². The highest BCUT2D eigenvalue weighted by Gasteiger charge is 2.18. The SMILES string of the molecule is CCNC(=NCC(C)C(=O)OC)NCC(c1ccccc1)N(CC)CC. The molecular formula is C20H34N4O2. The zero-order valence-corrected chi connectivity index (χ0v) is 16.8. The summed E-state index contributed by atoms with van der Waals surface area (Å²) < 4.78 is 4.77. The molecule has 0 saturated heterocycles. The molecule has 0 aliphatic heterocycles. The molecule has 0 bridgehead atoms. The summed E-state index contributed by atoms with van der Waals surface area (Å²) in [5.74, 6) is 0.217. The number of methoxy groups -OCH3 is 1. The van der Waals surface area contributed by atoms with E-state index in [-0.39, 0.29) is 17.9 Å². The van der Waals surface area contributed by atoms with Crippen molar-refractivity contribution in [1.82, 2.24) is 15.5 Å². The fraction of sp³-hybridized carbons (Fsp3) is 0.600. The number of guanidine groups is 1. The third kappa shape index (κ3) is 7.04. The number of ether oxygens (including phenoxy) is 1. The van der Waals surface area contributed by atoms with Gasteiger partial charge in [-0.3, -0.25) is 14.7 Å². The standard InChI is InChI=1S/C20H34N4O2/c1-6-21-20(22-14-16(4)19(25)26-5)23-15-18(24(7-2)8-3)17-12-10-9-11-13-17/h9-13,16,18H,6-8,14-15H2,1-5H3,(H2,21,22,23). The number of carbonyl (C=O) groups is 1. The number of rotatable bonds is 10. The third-order valence-corrected chi connectivity index (χ3v) is 4.37. The third-order valence-electron chi connectivity index (χ3n) is 4.37. The normalized spacial score (nSPS) is 14.0. The first kappa shape index (κ1) is 22.0. The predicted molar refractivity (Wildman–Crippen MR) is 107 cm³/mol. The number of hydrogen-bond acceptors (Lipinski definition) is 4. The van der Waals surface area contributed by atoms with E-state index in [0.717, 1.165) is 32.1 Å². The summed E-state index contributed by atoms with van der Waals surface area (Å²) in [5, 5.41) is 6.67. The van der Waals surface area contributed by atoms with Crippen molar-refractivity contribution in [1.29, 1.82) is 0 Å². The molecule has 26 heavy (non-hydrogen) atoms. The summed E-state index contributed by atoms with van der Waals surface area (Å²) in [5.41, 5.74) is 1.28. The minimum atomic E-state index is -0.261. The summed E-state index contributed by atoms with van der Waals surface area (Å²) in [6.45, 7) is 12.1. The number of benzene rings is 1. The lowest BCUT2D eigenvalue weighted by Gasteiger charge is -2.30. The van der Waals surface area contributed by atoms with E-state index in [1.165, 1.54) is 12.7 Å². The minimum Gasteiger partial charge on any atom is -0.469 e. The maximum atomic E-state index is 11.6. The fourth-order valence-corrected chi connectivity index (χ4v) is 2.84. The Morgan fingerprint density at radius 2 is 1.81 bits per heavy atom. The molecule has 1 rings (SSSR count). The van der Waals surface area contributed by atoms with Crippen LogP contribution in [-0.4, -0.2) is 56.7 Å². The lowest BCUT2D eigenvalue weighted by molar-refractivity contribution is -0.144. The molecule has 0 fully saturated rings. The molecule has 0 aromatic heterocycles. The Hall–Kier alpha value is -2.08. The highest BCUT2D eigenvalue weighted by atomic mass is 16.5. The number of nitrogens with zero attached hydrogens (tertiary/aromatic N) is 2. The zero-order chi connectivity index (χ0) is 19.4. The number of carbonyl (C=O) groups excluding carboxylic acids is 1. The van der Waals surface area contributed by atoms with Crippen molar-refractivity contribution < 1.29 is 9.53 Å². The van der Waals surface area contributed by atoms with Gasteiger partial charge in [-0.1, -0.05) is 51.1 Å². The molecule has 0 spiro atoms. The van der Waals surface area contributed by atoms with Gasteiger partial charge in [0.25, 0.3) is 0 Å². The van der Waals surface area contributed by atoms with Gasteiger partial charge in [-0.15, -0.1) is 0 Å². The summed E-state index contributed by atoms with van der Waals surface area (Å²) >= 11 is 0. The number of nitrogens with one attached hydrogen (secondary N) is 2. The van der Waals surface area contributed by atoms with Gasteiger partial charge in [0, 0.05) is 13.1 Å². The molecule has 6 nitrogen and oxygen atoms in total.